The molecule has 0 aromatic carbocycles. The lowest BCUT2D eigenvalue weighted by Gasteiger charge is -2.22. The molecular formula is C11H20N4. The molecule has 1 atom stereocenters. The smallest absolute Gasteiger partial charge is 0.149 e. The van der Waals surface area contributed by atoms with Crippen LogP contribution in [-0.4, -0.2) is 16.2 Å². The van der Waals surface area contributed by atoms with Crippen LogP contribution in [-0.2, 0) is 0 Å². The van der Waals surface area contributed by atoms with E-state index in [-0.39, 0.29) is 0 Å². The van der Waals surface area contributed by atoms with Crippen LogP contribution in [0.5, 0.6) is 0 Å². The van der Waals surface area contributed by atoms with Crippen LogP contribution < -0.4 is 11.1 Å². The normalized spacial score (nSPS) is 12.8. The molecule has 0 spiro atoms. The third kappa shape index (κ3) is 3.38. The van der Waals surface area contributed by atoms with Crippen molar-refractivity contribution in [2.75, 3.05) is 11.1 Å². The van der Waals surface area contributed by atoms with Gasteiger partial charge in [0, 0.05) is 6.04 Å². The van der Waals surface area contributed by atoms with E-state index in [1.165, 1.54) is 12.8 Å². The summed E-state index contributed by atoms with van der Waals surface area (Å²) in [5.41, 5.74) is 5.47. The molecular weight excluding hydrogens is 188 g/mol. The third-order valence-corrected chi connectivity index (χ3v) is 2.82. The van der Waals surface area contributed by atoms with Gasteiger partial charge in [-0.3, -0.25) is 0 Å². The second-order valence-electron chi connectivity index (χ2n) is 3.85. The van der Waals surface area contributed by atoms with Crippen LogP contribution in [0.25, 0.3) is 0 Å². The molecule has 15 heavy (non-hydrogen) atoms. The summed E-state index contributed by atoms with van der Waals surface area (Å²) in [5.74, 6) is 1.92. The molecule has 84 valence electrons. The Labute approximate surface area is 91.3 Å². The van der Waals surface area contributed by atoms with E-state index < -0.39 is 0 Å². The van der Waals surface area contributed by atoms with E-state index in [9.17, 15) is 0 Å². The summed E-state index contributed by atoms with van der Waals surface area (Å²) < 4.78 is 0. The van der Waals surface area contributed by atoms with Crippen LogP contribution in [0.2, 0.25) is 0 Å². The fourth-order valence-corrected chi connectivity index (χ4v) is 1.77. The number of aromatic nitrogens is 2. The van der Waals surface area contributed by atoms with Crippen LogP contribution in [0.15, 0.2) is 12.1 Å². The van der Waals surface area contributed by atoms with Crippen molar-refractivity contribution in [1.82, 2.24) is 10.2 Å². The van der Waals surface area contributed by atoms with Gasteiger partial charge in [-0.15, -0.1) is 10.2 Å². The molecule has 0 amide bonds. The summed E-state index contributed by atoms with van der Waals surface area (Å²) >= 11 is 0. The number of nitrogens with one attached hydrogen (secondary N) is 1. The number of nitrogens with zero attached hydrogens (tertiary/aromatic N) is 2. The maximum absolute atomic E-state index is 5.47. The van der Waals surface area contributed by atoms with Gasteiger partial charge in [0.05, 0.1) is 0 Å². The highest BCUT2D eigenvalue weighted by atomic mass is 15.2. The summed E-state index contributed by atoms with van der Waals surface area (Å²) in [6.45, 7) is 6.59. The van der Waals surface area contributed by atoms with Crippen molar-refractivity contribution in [2.24, 2.45) is 5.92 Å². The molecule has 1 heterocycles. The van der Waals surface area contributed by atoms with Crippen LogP contribution in [0.1, 0.15) is 33.6 Å². The zero-order valence-corrected chi connectivity index (χ0v) is 9.70. The van der Waals surface area contributed by atoms with Crippen molar-refractivity contribution < 1.29 is 0 Å². The first kappa shape index (κ1) is 11.8. The fourth-order valence-electron chi connectivity index (χ4n) is 1.77. The number of nitrogen functional groups attached to an aromatic ring is 1. The van der Waals surface area contributed by atoms with Gasteiger partial charge in [0.1, 0.15) is 11.6 Å². The number of hydrogen-bond acceptors (Lipinski definition) is 4. The molecule has 0 saturated carbocycles. The van der Waals surface area contributed by atoms with E-state index in [4.69, 9.17) is 5.73 Å². The van der Waals surface area contributed by atoms with E-state index >= 15 is 0 Å². The third-order valence-electron chi connectivity index (χ3n) is 2.82. The molecule has 1 aromatic heterocycles. The standard InChI is InChI=1S/C11H20N4/c1-4-9(5-2)8(3)13-11-7-6-10(12)14-15-11/h6-9H,4-5H2,1-3H3,(H2,12,14)(H,13,15). The summed E-state index contributed by atoms with van der Waals surface area (Å²) in [6, 6.07) is 4.04. The van der Waals surface area contributed by atoms with Gasteiger partial charge in [0.15, 0.2) is 0 Å². The second kappa shape index (κ2) is 5.53. The van der Waals surface area contributed by atoms with Crippen molar-refractivity contribution in [1.29, 1.82) is 0 Å². The molecule has 0 fully saturated rings. The zero-order valence-electron chi connectivity index (χ0n) is 9.70. The van der Waals surface area contributed by atoms with Gasteiger partial charge < -0.3 is 11.1 Å². The Morgan fingerprint density at radius 3 is 2.40 bits per heavy atom. The number of rotatable bonds is 5. The average molecular weight is 208 g/mol. The van der Waals surface area contributed by atoms with Crippen molar-refractivity contribution >= 4 is 11.6 Å². The van der Waals surface area contributed by atoms with E-state index in [2.05, 4.69) is 36.3 Å². The fraction of sp³-hybridized carbons (Fsp3) is 0.636. The van der Waals surface area contributed by atoms with Crippen molar-refractivity contribution in [3.05, 3.63) is 12.1 Å². The molecule has 0 radical (unpaired) electrons. The maximum Gasteiger partial charge on any atom is 0.149 e. The SMILES string of the molecule is CCC(CC)C(C)Nc1ccc(N)nn1. The van der Waals surface area contributed by atoms with E-state index in [0.717, 1.165) is 5.82 Å². The van der Waals surface area contributed by atoms with E-state index in [1.54, 1.807) is 6.07 Å². The molecule has 0 bridgehead atoms. The van der Waals surface area contributed by atoms with Gasteiger partial charge in [-0.1, -0.05) is 26.7 Å². The molecule has 0 aliphatic carbocycles. The largest absolute Gasteiger partial charge is 0.382 e. The highest BCUT2D eigenvalue weighted by molar-refractivity contribution is 5.39. The lowest BCUT2D eigenvalue weighted by Crippen LogP contribution is -2.25. The lowest BCUT2D eigenvalue weighted by molar-refractivity contribution is 0.437. The van der Waals surface area contributed by atoms with Gasteiger partial charge >= 0.3 is 0 Å². The Bertz CT molecular complexity index is 279. The molecule has 0 saturated heterocycles. The van der Waals surface area contributed by atoms with Gasteiger partial charge in [-0.05, 0) is 25.0 Å². The highest BCUT2D eigenvalue weighted by Crippen LogP contribution is 2.16. The summed E-state index contributed by atoms with van der Waals surface area (Å²) in [6.07, 6.45) is 2.35. The quantitative estimate of drug-likeness (QED) is 0.779. The van der Waals surface area contributed by atoms with Gasteiger partial charge in [0.25, 0.3) is 0 Å². The predicted molar refractivity (Wildman–Crippen MR) is 63.6 cm³/mol. The first-order valence-corrected chi connectivity index (χ1v) is 5.53. The zero-order chi connectivity index (χ0) is 11.3. The van der Waals surface area contributed by atoms with Crippen LogP contribution in [0.3, 0.4) is 0 Å². The molecule has 4 heteroatoms. The van der Waals surface area contributed by atoms with Gasteiger partial charge in [0.2, 0.25) is 0 Å². The second-order valence-corrected chi connectivity index (χ2v) is 3.85. The van der Waals surface area contributed by atoms with Gasteiger partial charge in [-0.2, -0.15) is 0 Å². The molecule has 3 N–H and O–H groups in total. The molecule has 4 nitrogen and oxygen atoms in total. The molecule has 1 rings (SSSR count). The Balaban J connectivity index is 2.57. The molecule has 0 aliphatic heterocycles. The minimum absolute atomic E-state index is 0.415. The first-order chi connectivity index (χ1) is 7.17. The maximum atomic E-state index is 5.47. The topological polar surface area (TPSA) is 63.8 Å². The van der Waals surface area contributed by atoms with E-state index in [0.29, 0.717) is 17.8 Å². The monoisotopic (exact) mass is 208 g/mol. The Morgan fingerprint density at radius 1 is 1.27 bits per heavy atom. The summed E-state index contributed by atoms with van der Waals surface area (Å²) in [4.78, 5) is 0. The van der Waals surface area contributed by atoms with Crippen molar-refractivity contribution in [3.8, 4) is 0 Å². The summed E-state index contributed by atoms with van der Waals surface area (Å²) in [5, 5.41) is 11.1. The predicted octanol–water partition coefficient (Wildman–Crippen LogP) is 2.30. The Hall–Kier alpha value is -1.32. The first-order valence-electron chi connectivity index (χ1n) is 5.53. The average Bonchev–Trinajstić information content (AvgIpc) is 2.23. The van der Waals surface area contributed by atoms with Gasteiger partial charge in [-0.25, -0.2) is 0 Å². The van der Waals surface area contributed by atoms with Crippen LogP contribution >= 0.6 is 0 Å². The number of nitrogens with two attached hydrogens (primary N) is 1. The van der Waals surface area contributed by atoms with Crippen molar-refractivity contribution in [3.63, 3.8) is 0 Å². The van der Waals surface area contributed by atoms with Crippen LogP contribution in [0, 0.1) is 5.92 Å². The van der Waals surface area contributed by atoms with Crippen molar-refractivity contribution in [2.45, 2.75) is 39.7 Å². The lowest BCUT2D eigenvalue weighted by atomic mass is 9.95. The molecule has 0 aliphatic rings. The summed E-state index contributed by atoms with van der Waals surface area (Å²) in [7, 11) is 0. The molecule has 1 aromatic rings. The minimum Gasteiger partial charge on any atom is -0.382 e. The van der Waals surface area contributed by atoms with Crippen LogP contribution in [0.4, 0.5) is 11.6 Å². The number of anilines is 2. The number of hydrogen-bond donors (Lipinski definition) is 2. The Morgan fingerprint density at radius 2 is 1.93 bits per heavy atom. The minimum atomic E-state index is 0.415. The molecule has 1 unspecified atom stereocenters. The van der Waals surface area contributed by atoms with E-state index in [1.807, 2.05) is 6.07 Å². The highest BCUT2D eigenvalue weighted by Gasteiger charge is 2.13. The Kier molecular flexibility index (Phi) is 4.34.